The van der Waals surface area contributed by atoms with Crippen LogP contribution in [0.2, 0.25) is 0 Å². The Labute approximate surface area is 254 Å². The summed E-state index contributed by atoms with van der Waals surface area (Å²) in [5.74, 6) is -15.2. The average molecular weight is 653 g/mol. The van der Waals surface area contributed by atoms with Crippen LogP contribution in [0.5, 0.6) is 5.75 Å². The Morgan fingerprint density at radius 1 is 0.548 bits per heavy atom. The van der Waals surface area contributed by atoms with Crippen molar-refractivity contribution >= 4 is 56.5 Å². The molecule has 0 N–H and O–H groups in total. The van der Waals surface area contributed by atoms with Crippen molar-refractivity contribution in [3.63, 3.8) is 0 Å². The van der Waals surface area contributed by atoms with Crippen LogP contribution < -0.4 is 4.74 Å². The summed E-state index contributed by atoms with van der Waals surface area (Å²) in [6.45, 7) is 4.97. The van der Waals surface area contributed by atoms with E-state index >= 15 is 26.3 Å². The summed E-state index contributed by atoms with van der Waals surface area (Å²) in [6.07, 6.45) is 0. The molecule has 6 rings (SSSR count). The van der Waals surface area contributed by atoms with Gasteiger partial charge in [-0.1, -0.05) is 0 Å². The zero-order valence-electron chi connectivity index (χ0n) is 22.6. The molecule has 11 heteroatoms. The third kappa shape index (κ3) is 4.39. The number of ether oxygens (including phenoxy) is 1. The molecule has 5 aromatic rings. The molecule has 218 valence electrons. The lowest BCUT2D eigenvalue weighted by atomic mass is 9.94. The first-order valence-electron chi connectivity index (χ1n) is 12.7. The molecule has 0 bridgehead atoms. The highest BCUT2D eigenvalue weighted by Gasteiger charge is 2.80. The standard InChI is InChI=1S/C31H22F6OS4/c1-15-5-10-22(39-15)23-11-12-24(42-23)26-14-21(17(3)41-26)28-27(29(32,33)31(36,37)30(28,34)35)20-13-25(40-16(20)2)18-6-8-19(38-4)9-7-18/h5-14H,1-4H3. The van der Waals surface area contributed by atoms with Gasteiger partial charge in [-0.25, -0.2) is 0 Å². The Morgan fingerprint density at radius 3 is 1.55 bits per heavy atom. The number of allylic oxidation sites excluding steroid dienone is 2. The van der Waals surface area contributed by atoms with Crippen LogP contribution in [-0.2, 0) is 0 Å². The number of aryl methyl sites for hydroxylation is 3. The maximum Gasteiger partial charge on any atom is 0.380 e. The van der Waals surface area contributed by atoms with Gasteiger partial charge >= 0.3 is 17.8 Å². The first-order chi connectivity index (χ1) is 19.8. The van der Waals surface area contributed by atoms with Crippen LogP contribution in [0.4, 0.5) is 26.3 Å². The quantitative estimate of drug-likeness (QED) is 0.166. The van der Waals surface area contributed by atoms with Crippen LogP contribution in [0.1, 0.15) is 25.8 Å². The Bertz CT molecular complexity index is 1830. The van der Waals surface area contributed by atoms with E-state index in [1.165, 1.54) is 44.4 Å². The maximum atomic E-state index is 15.6. The van der Waals surface area contributed by atoms with Gasteiger partial charge in [0, 0.05) is 50.2 Å². The summed E-state index contributed by atoms with van der Waals surface area (Å²) in [6, 6.07) is 17.1. The van der Waals surface area contributed by atoms with Crippen molar-refractivity contribution in [2.45, 2.75) is 38.5 Å². The van der Waals surface area contributed by atoms with Crippen molar-refractivity contribution in [2.24, 2.45) is 0 Å². The Balaban J connectivity index is 1.51. The predicted molar refractivity (Wildman–Crippen MR) is 163 cm³/mol. The summed E-state index contributed by atoms with van der Waals surface area (Å²) in [5.41, 5.74) is -2.60. The minimum atomic E-state index is -5.61. The fourth-order valence-electron chi connectivity index (χ4n) is 5.08. The van der Waals surface area contributed by atoms with Crippen LogP contribution >= 0.6 is 45.3 Å². The maximum absolute atomic E-state index is 15.6. The number of hydrogen-bond donors (Lipinski definition) is 0. The van der Waals surface area contributed by atoms with Gasteiger partial charge in [0.05, 0.1) is 7.11 Å². The van der Waals surface area contributed by atoms with Gasteiger partial charge in [-0.05, 0) is 98.1 Å². The van der Waals surface area contributed by atoms with Gasteiger partial charge in [0.25, 0.3) is 0 Å². The van der Waals surface area contributed by atoms with Crippen LogP contribution in [0.15, 0.2) is 60.7 Å². The molecule has 0 radical (unpaired) electrons. The van der Waals surface area contributed by atoms with Crippen LogP contribution in [0.25, 0.3) is 41.1 Å². The highest BCUT2D eigenvalue weighted by Crippen LogP contribution is 2.66. The average Bonchev–Trinajstić information content (AvgIpc) is 3.75. The molecule has 1 aliphatic rings. The summed E-state index contributed by atoms with van der Waals surface area (Å²) >= 11 is 5.25. The van der Waals surface area contributed by atoms with Gasteiger partial charge < -0.3 is 4.74 Å². The van der Waals surface area contributed by atoms with E-state index in [1.807, 2.05) is 31.2 Å². The number of hydrogen-bond acceptors (Lipinski definition) is 5. The topological polar surface area (TPSA) is 9.23 Å². The summed E-state index contributed by atoms with van der Waals surface area (Å²) in [4.78, 5) is 5.44. The van der Waals surface area contributed by atoms with E-state index in [9.17, 15) is 0 Å². The summed E-state index contributed by atoms with van der Waals surface area (Å²) in [7, 11) is 1.50. The van der Waals surface area contributed by atoms with Crippen LogP contribution in [0, 0.1) is 20.8 Å². The molecule has 1 aromatic carbocycles. The fourth-order valence-corrected chi connectivity index (χ4v) is 9.18. The molecule has 0 aliphatic heterocycles. The van der Waals surface area contributed by atoms with E-state index in [4.69, 9.17) is 4.74 Å². The van der Waals surface area contributed by atoms with E-state index in [1.54, 1.807) is 35.6 Å². The molecule has 0 fully saturated rings. The number of alkyl halides is 6. The summed E-state index contributed by atoms with van der Waals surface area (Å²) in [5, 5.41) is 0. The number of benzene rings is 1. The lowest BCUT2D eigenvalue weighted by Gasteiger charge is -2.25. The second kappa shape index (κ2) is 10.1. The van der Waals surface area contributed by atoms with E-state index in [0.717, 1.165) is 42.2 Å². The van der Waals surface area contributed by atoms with Gasteiger partial charge in [-0.15, -0.1) is 45.3 Å². The van der Waals surface area contributed by atoms with Crippen molar-refractivity contribution < 1.29 is 31.1 Å². The van der Waals surface area contributed by atoms with Gasteiger partial charge in [0.1, 0.15) is 5.75 Å². The van der Waals surface area contributed by atoms with Gasteiger partial charge in [0.15, 0.2) is 0 Å². The highest BCUT2D eigenvalue weighted by atomic mass is 32.1. The zero-order chi connectivity index (χ0) is 30.2. The molecule has 4 heterocycles. The smallest absolute Gasteiger partial charge is 0.380 e. The molecule has 0 amide bonds. The molecule has 42 heavy (non-hydrogen) atoms. The van der Waals surface area contributed by atoms with E-state index < -0.39 is 28.9 Å². The molecule has 1 nitrogen and oxygen atoms in total. The van der Waals surface area contributed by atoms with Crippen LogP contribution in [0.3, 0.4) is 0 Å². The van der Waals surface area contributed by atoms with E-state index in [0.29, 0.717) is 21.1 Å². The molecule has 1 aliphatic carbocycles. The minimum absolute atomic E-state index is 0.240. The number of rotatable bonds is 6. The molecule has 0 spiro atoms. The molecular formula is C31H22F6OS4. The van der Waals surface area contributed by atoms with Gasteiger partial charge in [0.2, 0.25) is 0 Å². The van der Waals surface area contributed by atoms with Crippen LogP contribution in [-0.4, -0.2) is 24.9 Å². The number of thiophene rings is 4. The second-order valence-electron chi connectivity index (χ2n) is 9.94. The second-order valence-corrected chi connectivity index (χ2v) is 14.8. The highest BCUT2D eigenvalue weighted by molar-refractivity contribution is 7.26. The first-order valence-corrected chi connectivity index (χ1v) is 15.9. The SMILES string of the molecule is COc1ccc(-c2cc(C3=C(c4cc(-c5ccc(-c6ccc(C)s6)s5)sc4C)C(F)(F)C(F)(F)C3(F)F)c(C)s2)cc1. The number of methoxy groups -OCH3 is 1. The lowest BCUT2D eigenvalue weighted by molar-refractivity contribution is -0.254. The first kappa shape index (κ1) is 29.2. The largest absolute Gasteiger partial charge is 0.497 e. The number of halogens is 6. The lowest BCUT2D eigenvalue weighted by Crippen LogP contribution is -2.48. The summed E-state index contributed by atoms with van der Waals surface area (Å²) < 4.78 is 97.5. The molecule has 0 saturated heterocycles. The molecular weight excluding hydrogens is 631 g/mol. The monoisotopic (exact) mass is 652 g/mol. The molecule has 0 unspecified atom stereocenters. The van der Waals surface area contributed by atoms with Crippen molar-refractivity contribution in [1.82, 2.24) is 0 Å². The van der Waals surface area contributed by atoms with E-state index in [2.05, 4.69) is 0 Å². The Hall–Kier alpha value is -2.86. The molecule has 0 saturated carbocycles. The third-order valence-electron chi connectivity index (χ3n) is 7.25. The van der Waals surface area contributed by atoms with E-state index in [-0.39, 0.29) is 20.9 Å². The Kier molecular flexibility index (Phi) is 7.03. The fraction of sp³-hybridized carbons (Fsp3) is 0.226. The van der Waals surface area contributed by atoms with Crippen molar-refractivity contribution in [3.8, 4) is 35.7 Å². The van der Waals surface area contributed by atoms with Crippen molar-refractivity contribution in [1.29, 1.82) is 0 Å². The molecule has 4 aromatic heterocycles. The molecule has 0 atom stereocenters. The van der Waals surface area contributed by atoms with Crippen molar-refractivity contribution in [2.75, 3.05) is 7.11 Å². The Morgan fingerprint density at radius 2 is 1.02 bits per heavy atom. The third-order valence-corrected chi connectivity index (χ3v) is 11.9. The predicted octanol–water partition coefficient (Wildman–Crippen LogP) is 11.7. The van der Waals surface area contributed by atoms with Gasteiger partial charge in [-0.2, -0.15) is 26.3 Å². The normalized spacial score (nSPS) is 17.3. The van der Waals surface area contributed by atoms with Gasteiger partial charge in [-0.3, -0.25) is 0 Å². The zero-order valence-corrected chi connectivity index (χ0v) is 25.8. The van der Waals surface area contributed by atoms with Crippen molar-refractivity contribution in [3.05, 3.63) is 86.4 Å². The minimum Gasteiger partial charge on any atom is -0.497 e.